The van der Waals surface area contributed by atoms with Crippen LogP contribution in [0.25, 0.3) is 0 Å². The van der Waals surface area contributed by atoms with Crippen LogP contribution in [0.1, 0.15) is 27.8 Å². The topological polar surface area (TPSA) is 3.24 Å². The molecular weight excluding hydrogens is 230 g/mol. The predicted molar refractivity (Wildman–Crippen MR) is 83.9 cm³/mol. The first-order valence-electron chi connectivity index (χ1n) is 6.81. The summed E-state index contributed by atoms with van der Waals surface area (Å²) in [5, 5.41) is 0. The van der Waals surface area contributed by atoms with E-state index < -0.39 is 0 Å². The highest BCUT2D eigenvalue weighted by atomic mass is 15.1. The molecule has 0 radical (unpaired) electrons. The predicted octanol–water partition coefficient (Wildman–Crippen LogP) is 4.56. The molecular formula is C18H23N. The fourth-order valence-corrected chi connectivity index (χ4v) is 2.65. The Balaban J connectivity index is 2.25. The first kappa shape index (κ1) is 13.7. The summed E-state index contributed by atoms with van der Waals surface area (Å²) in [6.07, 6.45) is 0. The summed E-state index contributed by atoms with van der Waals surface area (Å²) in [4.78, 5) is 2.33. The highest BCUT2D eigenvalue weighted by Gasteiger charge is 2.06. The Labute approximate surface area is 116 Å². The molecule has 1 heteroatoms. The zero-order chi connectivity index (χ0) is 14.0. The average Bonchev–Trinajstić information content (AvgIpc) is 2.30. The van der Waals surface area contributed by atoms with Crippen molar-refractivity contribution in [2.75, 3.05) is 11.9 Å². The summed E-state index contributed by atoms with van der Waals surface area (Å²) in [7, 11) is 2.17. The third kappa shape index (κ3) is 3.37. The van der Waals surface area contributed by atoms with Gasteiger partial charge in [0.05, 0.1) is 0 Å². The van der Waals surface area contributed by atoms with Crippen molar-refractivity contribution < 1.29 is 0 Å². The van der Waals surface area contributed by atoms with Gasteiger partial charge < -0.3 is 4.90 Å². The van der Waals surface area contributed by atoms with Crippen LogP contribution in [-0.2, 0) is 6.54 Å². The number of aryl methyl sites for hydroxylation is 4. The molecule has 0 amide bonds. The smallest absolute Gasteiger partial charge is 0.0426 e. The Hall–Kier alpha value is -1.76. The molecule has 1 nitrogen and oxygen atoms in total. The van der Waals surface area contributed by atoms with Crippen molar-refractivity contribution in [2.45, 2.75) is 34.2 Å². The molecule has 100 valence electrons. The number of benzene rings is 2. The largest absolute Gasteiger partial charge is 0.370 e. The van der Waals surface area contributed by atoms with Crippen molar-refractivity contribution in [1.82, 2.24) is 0 Å². The molecule has 0 saturated carbocycles. The zero-order valence-corrected chi connectivity index (χ0v) is 12.6. The lowest BCUT2D eigenvalue weighted by molar-refractivity contribution is 0.913. The van der Waals surface area contributed by atoms with Gasteiger partial charge in [-0.15, -0.1) is 0 Å². The molecule has 0 aliphatic heterocycles. The molecule has 2 aromatic rings. The zero-order valence-electron chi connectivity index (χ0n) is 12.6. The van der Waals surface area contributed by atoms with E-state index in [1.165, 1.54) is 33.5 Å². The second-order valence-electron chi connectivity index (χ2n) is 5.64. The molecule has 0 bridgehead atoms. The van der Waals surface area contributed by atoms with Crippen LogP contribution in [0.4, 0.5) is 5.69 Å². The van der Waals surface area contributed by atoms with Crippen molar-refractivity contribution in [3.63, 3.8) is 0 Å². The van der Waals surface area contributed by atoms with Crippen molar-refractivity contribution in [3.05, 3.63) is 64.2 Å². The second kappa shape index (κ2) is 5.48. The lowest BCUT2D eigenvalue weighted by Gasteiger charge is -2.22. The monoisotopic (exact) mass is 253 g/mol. The molecule has 2 rings (SSSR count). The molecule has 0 saturated heterocycles. The maximum Gasteiger partial charge on any atom is 0.0426 e. The van der Waals surface area contributed by atoms with Gasteiger partial charge in [0.2, 0.25) is 0 Å². The fraction of sp³-hybridized carbons (Fsp3) is 0.333. The number of nitrogens with zero attached hydrogens (tertiary/aromatic N) is 1. The van der Waals surface area contributed by atoms with E-state index in [1.807, 2.05) is 0 Å². The van der Waals surface area contributed by atoms with E-state index in [1.54, 1.807) is 0 Å². The normalized spacial score (nSPS) is 10.6. The first-order chi connectivity index (χ1) is 8.95. The van der Waals surface area contributed by atoms with Gasteiger partial charge in [-0.3, -0.25) is 0 Å². The van der Waals surface area contributed by atoms with E-state index in [2.05, 4.69) is 76.0 Å². The molecule has 0 aromatic heterocycles. The van der Waals surface area contributed by atoms with Gasteiger partial charge in [-0.1, -0.05) is 41.5 Å². The molecule has 0 aliphatic carbocycles. The van der Waals surface area contributed by atoms with Crippen LogP contribution in [0.15, 0.2) is 36.4 Å². The number of rotatable bonds is 3. The SMILES string of the molecule is Cc1cc(C)cc(CN(C)c2cc(C)ccc2C)c1. The highest BCUT2D eigenvalue weighted by molar-refractivity contribution is 5.54. The fourth-order valence-electron chi connectivity index (χ4n) is 2.65. The molecule has 0 fully saturated rings. The van der Waals surface area contributed by atoms with Crippen LogP contribution in [0.5, 0.6) is 0 Å². The lowest BCUT2D eigenvalue weighted by atomic mass is 10.1. The first-order valence-corrected chi connectivity index (χ1v) is 6.81. The highest BCUT2D eigenvalue weighted by Crippen LogP contribution is 2.22. The molecule has 2 aromatic carbocycles. The Morgan fingerprint density at radius 1 is 0.789 bits per heavy atom. The summed E-state index contributed by atoms with van der Waals surface area (Å²) >= 11 is 0. The molecule has 0 heterocycles. The minimum atomic E-state index is 0.951. The van der Waals surface area contributed by atoms with Crippen LogP contribution >= 0.6 is 0 Å². The molecule has 19 heavy (non-hydrogen) atoms. The number of hydrogen-bond donors (Lipinski definition) is 0. The Bertz CT molecular complexity index is 564. The Kier molecular flexibility index (Phi) is 3.94. The van der Waals surface area contributed by atoms with Crippen LogP contribution in [-0.4, -0.2) is 7.05 Å². The molecule has 0 spiro atoms. The Morgan fingerprint density at radius 2 is 1.42 bits per heavy atom. The van der Waals surface area contributed by atoms with Crippen LogP contribution in [0.2, 0.25) is 0 Å². The molecule has 0 atom stereocenters. The quantitative estimate of drug-likeness (QED) is 0.775. The lowest BCUT2D eigenvalue weighted by Crippen LogP contribution is -2.17. The molecule has 0 unspecified atom stereocenters. The van der Waals surface area contributed by atoms with E-state index in [-0.39, 0.29) is 0 Å². The van der Waals surface area contributed by atoms with Gasteiger partial charge in [0, 0.05) is 19.3 Å². The van der Waals surface area contributed by atoms with Crippen molar-refractivity contribution in [2.24, 2.45) is 0 Å². The van der Waals surface area contributed by atoms with Gasteiger partial charge in [-0.05, 0) is 50.5 Å². The van der Waals surface area contributed by atoms with Gasteiger partial charge in [-0.25, -0.2) is 0 Å². The minimum Gasteiger partial charge on any atom is -0.370 e. The van der Waals surface area contributed by atoms with Crippen LogP contribution in [0, 0.1) is 27.7 Å². The van der Waals surface area contributed by atoms with E-state index in [9.17, 15) is 0 Å². The average molecular weight is 253 g/mol. The van der Waals surface area contributed by atoms with Crippen molar-refractivity contribution >= 4 is 5.69 Å². The second-order valence-corrected chi connectivity index (χ2v) is 5.64. The summed E-state index contributed by atoms with van der Waals surface area (Å²) in [5.41, 5.74) is 8.01. The molecule has 0 N–H and O–H groups in total. The van der Waals surface area contributed by atoms with Crippen molar-refractivity contribution in [3.8, 4) is 0 Å². The summed E-state index contributed by atoms with van der Waals surface area (Å²) in [5.74, 6) is 0. The van der Waals surface area contributed by atoms with E-state index in [4.69, 9.17) is 0 Å². The summed E-state index contributed by atoms with van der Waals surface area (Å²) < 4.78 is 0. The van der Waals surface area contributed by atoms with Crippen LogP contribution < -0.4 is 4.90 Å². The Morgan fingerprint density at radius 3 is 2.05 bits per heavy atom. The summed E-state index contributed by atoms with van der Waals surface area (Å²) in [6.45, 7) is 9.59. The van der Waals surface area contributed by atoms with Gasteiger partial charge in [0.15, 0.2) is 0 Å². The summed E-state index contributed by atoms with van der Waals surface area (Å²) in [6, 6.07) is 13.4. The van der Waals surface area contributed by atoms with E-state index >= 15 is 0 Å². The maximum atomic E-state index is 2.33. The third-order valence-electron chi connectivity index (χ3n) is 3.48. The van der Waals surface area contributed by atoms with Gasteiger partial charge in [0.1, 0.15) is 0 Å². The van der Waals surface area contributed by atoms with E-state index in [0.29, 0.717) is 0 Å². The van der Waals surface area contributed by atoms with Gasteiger partial charge in [-0.2, -0.15) is 0 Å². The maximum absolute atomic E-state index is 2.33. The van der Waals surface area contributed by atoms with Gasteiger partial charge in [0.25, 0.3) is 0 Å². The van der Waals surface area contributed by atoms with E-state index in [0.717, 1.165) is 6.54 Å². The standard InChI is InChI=1S/C18H23N/c1-13-6-7-16(4)18(11-13)19(5)12-17-9-14(2)8-15(3)10-17/h6-11H,12H2,1-5H3. The molecule has 0 aliphatic rings. The third-order valence-corrected chi connectivity index (χ3v) is 3.48. The number of anilines is 1. The number of hydrogen-bond acceptors (Lipinski definition) is 1. The van der Waals surface area contributed by atoms with Gasteiger partial charge >= 0.3 is 0 Å². The van der Waals surface area contributed by atoms with Crippen molar-refractivity contribution in [1.29, 1.82) is 0 Å². The van der Waals surface area contributed by atoms with Crippen LogP contribution in [0.3, 0.4) is 0 Å². The minimum absolute atomic E-state index is 0.951.